The smallest absolute Gasteiger partial charge is 0.481 e. The van der Waals surface area contributed by atoms with Crippen LogP contribution in [-0.2, 0) is 4.79 Å². The molecular formula is C24H20F3N3O5. The molecule has 182 valence electrons. The van der Waals surface area contributed by atoms with E-state index < -0.39 is 23.8 Å². The highest BCUT2D eigenvalue weighted by Gasteiger charge is 2.51. The Kier molecular flexibility index (Phi) is 6.50. The Bertz CT molecular complexity index is 1190. The van der Waals surface area contributed by atoms with Crippen molar-refractivity contribution in [2.75, 3.05) is 17.2 Å². The zero-order valence-corrected chi connectivity index (χ0v) is 18.1. The van der Waals surface area contributed by atoms with Crippen molar-refractivity contribution in [3.05, 3.63) is 66.9 Å². The molecule has 0 unspecified atom stereocenters. The van der Waals surface area contributed by atoms with Crippen molar-refractivity contribution in [2.24, 2.45) is 5.41 Å². The summed E-state index contributed by atoms with van der Waals surface area (Å²) in [5, 5.41) is 14.4. The Hall–Kier alpha value is -4.28. The van der Waals surface area contributed by atoms with Gasteiger partial charge in [-0.25, -0.2) is 9.78 Å². The quantitative estimate of drug-likeness (QED) is 0.385. The van der Waals surface area contributed by atoms with Gasteiger partial charge in [0.25, 0.3) is 0 Å². The first-order valence-corrected chi connectivity index (χ1v) is 10.5. The maximum Gasteiger partial charge on any atom is 0.573 e. The standard InChI is InChI=1S/C24H20F3N3O5/c25-24(26,27)35-19-8-6-18(7-9-19)30-22(33)29-17-4-1-15(2-5-17)16-3-10-20(28-13-16)34-14-23(11-12-23)21(31)32/h1-10,13H,11-12,14H2,(H,31,32)(H2,29,30,33). The molecule has 2 amide bonds. The van der Waals surface area contributed by atoms with Crippen molar-refractivity contribution in [2.45, 2.75) is 19.2 Å². The summed E-state index contributed by atoms with van der Waals surface area (Å²) in [5.41, 5.74) is 1.63. The maximum atomic E-state index is 12.2. The van der Waals surface area contributed by atoms with E-state index in [4.69, 9.17) is 4.74 Å². The number of alkyl halides is 3. The molecule has 0 aliphatic heterocycles. The first-order valence-electron chi connectivity index (χ1n) is 10.5. The summed E-state index contributed by atoms with van der Waals surface area (Å²) in [5.74, 6) is -0.903. The summed E-state index contributed by atoms with van der Waals surface area (Å²) in [6.45, 7) is 0.0859. The fourth-order valence-electron chi connectivity index (χ4n) is 3.20. The Balaban J connectivity index is 1.29. The number of carbonyl (C=O) groups excluding carboxylic acids is 1. The molecule has 1 aliphatic carbocycles. The number of benzene rings is 2. The largest absolute Gasteiger partial charge is 0.573 e. The van der Waals surface area contributed by atoms with Crippen molar-refractivity contribution in [3.8, 4) is 22.8 Å². The van der Waals surface area contributed by atoms with E-state index >= 15 is 0 Å². The van der Waals surface area contributed by atoms with Crippen LogP contribution < -0.4 is 20.1 Å². The minimum atomic E-state index is -4.79. The second kappa shape index (κ2) is 9.53. The summed E-state index contributed by atoms with van der Waals surface area (Å²) in [4.78, 5) is 27.6. The van der Waals surface area contributed by atoms with Crippen LogP contribution in [0.4, 0.5) is 29.3 Å². The Morgan fingerprint density at radius 1 is 0.914 bits per heavy atom. The van der Waals surface area contributed by atoms with Crippen molar-refractivity contribution in [3.63, 3.8) is 0 Å². The zero-order valence-electron chi connectivity index (χ0n) is 18.1. The van der Waals surface area contributed by atoms with Gasteiger partial charge < -0.3 is 25.2 Å². The molecule has 0 atom stereocenters. The number of nitrogens with zero attached hydrogens (tertiary/aromatic N) is 1. The van der Waals surface area contributed by atoms with Crippen LogP contribution in [-0.4, -0.2) is 35.1 Å². The third kappa shape index (κ3) is 6.40. The average Bonchev–Trinajstić information content (AvgIpc) is 3.60. The molecule has 1 aromatic heterocycles. The van der Waals surface area contributed by atoms with E-state index in [2.05, 4.69) is 20.4 Å². The minimum Gasteiger partial charge on any atom is -0.481 e. The molecule has 1 saturated carbocycles. The molecule has 0 saturated heterocycles. The number of pyridine rings is 1. The van der Waals surface area contributed by atoms with Crippen LogP contribution in [0.15, 0.2) is 66.9 Å². The van der Waals surface area contributed by atoms with Gasteiger partial charge in [-0.2, -0.15) is 0 Å². The molecule has 4 rings (SSSR count). The molecule has 8 nitrogen and oxygen atoms in total. The molecule has 0 bridgehead atoms. The van der Waals surface area contributed by atoms with Gasteiger partial charge in [-0.05, 0) is 60.9 Å². The summed E-state index contributed by atoms with van der Waals surface area (Å²) in [6.07, 6.45) is -1.98. The number of carboxylic acid groups (broad SMARTS) is 1. The predicted molar refractivity (Wildman–Crippen MR) is 120 cm³/mol. The molecule has 11 heteroatoms. The van der Waals surface area contributed by atoms with Crippen LogP contribution in [0.1, 0.15) is 12.8 Å². The van der Waals surface area contributed by atoms with Gasteiger partial charge >= 0.3 is 18.4 Å². The lowest BCUT2D eigenvalue weighted by atomic mass is 10.1. The molecule has 35 heavy (non-hydrogen) atoms. The van der Waals surface area contributed by atoms with E-state index in [1.165, 1.54) is 12.1 Å². The van der Waals surface area contributed by atoms with Crippen LogP contribution in [0.25, 0.3) is 11.1 Å². The number of hydrogen-bond donors (Lipinski definition) is 3. The van der Waals surface area contributed by atoms with Gasteiger partial charge in [0.1, 0.15) is 17.8 Å². The number of carboxylic acids is 1. The highest BCUT2D eigenvalue weighted by atomic mass is 19.4. The van der Waals surface area contributed by atoms with Gasteiger partial charge in [0.2, 0.25) is 5.88 Å². The number of rotatable bonds is 8. The van der Waals surface area contributed by atoms with Gasteiger partial charge in [-0.1, -0.05) is 12.1 Å². The van der Waals surface area contributed by atoms with Crippen LogP contribution >= 0.6 is 0 Å². The minimum absolute atomic E-state index is 0.0859. The van der Waals surface area contributed by atoms with E-state index in [1.54, 1.807) is 42.6 Å². The van der Waals surface area contributed by atoms with Crippen LogP contribution in [0, 0.1) is 5.41 Å². The number of nitrogens with one attached hydrogen (secondary N) is 2. The summed E-state index contributed by atoms with van der Waals surface area (Å²) in [6, 6.07) is 14.6. The second-order valence-corrected chi connectivity index (χ2v) is 7.99. The van der Waals surface area contributed by atoms with Gasteiger partial charge in [0.05, 0.1) is 0 Å². The second-order valence-electron chi connectivity index (χ2n) is 7.99. The number of anilines is 2. The fraction of sp³-hybridized carbons (Fsp3) is 0.208. The Morgan fingerprint density at radius 3 is 1.97 bits per heavy atom. The lowest BCUT2D eigenvalue weighted by Gasteiger charge is -2.12. The third-order valence-corrected chi connectivity index (χ3v) is 5.36. The third-order valence-electron chi connectivity index (χ3n) is 5.36. The molecule has 2 aromatic carbocycles. The van der Waals surface area contributed by atoms with Crippen LogP contribution in [0.3, 0.4) is 0 Å². The highest BCUT2D eigenvalue weighted by Crippen LogP contribution is 2.46. The predicted octanol–water partition coefficient (Wildman–Crippen LogP) is 5.53. The lowest BCUT2D eigenvalue weighted by molar-refractivity contribution is -0.274. The number of ether oxygens (including phenoxy) is 2. The number of aromatic nitrogens is 1. The Morgan fingerprint density at radius 2 is 1.49 bits per heavy atom. The monoisotopic (exact) mass is 487 g/mol. The van der Waals surface area contributed by atoms with Crippen molar-refractivity contribution in [1.82, 2.24) is 4.98 Å². The average molecular weight is 487 g/mol. The topological polar surface area (TPSA) is 110 Å². The van der Waals surface area contributed by atoms with E-state index in [1.807, 2.05) is 0 Å². The van der Waals surface area contributed by atoms with Gasteiger partial charge in [-0.15, -0.1) is 13.2 Å². The number of halogens is 3. The molecular weight excluding hydrogens is 467 g/mol. The summed E-state index contributed by atoms with van der Waals surface area (Å²) < 4.78 is 46.0. The van der Waals surface area contributed by atoms with Crippen molar-refractivity contribution in [1.29, 1.82) is 0 Å². The number of carbonyl (C=O) groups is 2. The fourth-order valence-corrected chi connectivity index (χ4v) is 3.20. The van der Waals surface area contributed by atoms with Gasteiger partial charge in [-0.3, -0.25) is 4.79 Å². The van der Waals surface area contributed by atoms with E-state index in [-0.39, 0.29) is 18.0 Å². The highest BCUT2D eigenvalue weighted by molar-refractivity contribution is 5.99. The summed E-state index contributed by atoms with van der Waals surface area (Å²) >= 11 is 0. The van der Waals surface area contributed by atoms with Crippen LogP contribution in [0.5, 0.6) is 11.6 Å². The molecule has 3 N–H and O–H groups in total. The van der Waals surface area contributed by atoms with Crippen molar-refractivity contribution < 1.29 is 37.3 Å². The lowest BCUT2D eigenvalue weighted by Crippen LogP contribution is -2.23. The SMILES string of the molecule is O=C(Nc1ccc(OC(F)(F)F)cc1)Nc1ccc(-c2ccc(OCC3(C(=O)O)CC3)nc2)cc1. The normalized spacial score (nSPS) is 14.0. The molecule has 0 radical (unpaired) electrons. The van der Waals surface area contributed by atoms with E-state index in [9.17, 15) is 27.9 Å². The number of amides is 2. The van der Waals surface area contributed by atoms with E-state index in [0.717, 1.165) is 23.3 Å². The van der Waals surface area contributed by atoms with Gasteiger partial charge in [0, 0.05) is 29.2 Å². The van der Waals surface area contributed by atoms with Gasteiger partial charge in [0.15, 0.2) is 0 Å². The summed E-state index contributed by atoms with van der Waals surface area (Å²) in [7, 11) is 0. The van der Waals surface area contributed by atoms with E-state index in [0.29, 0.717) is 24.4 Å². The van der Waals surface area contributed by atoms with Crippen LogP contribution in [0.2, 0.25) is 0 Å². The zero-order chi connectivity index (χ0) is 25.1. The molecule has 1 aliphatic rings. The first kappa shape index (κ1) is 23.9. The first-order chi connectivity index (χ1) is 16.6. The molecule has 3 aromatic rings. The Labute approximate surface area is 197 Å². The van der Waals surface area contributed by atoms with Crippen molar-refractivity contribution >= 4 is 23.4 Å². The number of urea groups is 1. The molecule has 1 heterocycles. The maximum absolute atomic E-state index is 12.2. The molecule has 1 fully saturated rings. The number of hydrogen-bond acceptors (Lipinski definition) is 5. The molecule has 0 spiro atoms. The number of aliphatic carboxylic acids is 1.